The number of carbonyl (C=O) groups excluding carboxylic acids is 1. The summed E-state index contributed by atoms with van der Waals surface area (Å²) in [4.78, 5) is 18.6. The molecule has 152 valence electrons. The van der Waals surface area contributed by atoms with Crippen LogP contribution in [0.15, 0.2) is 54.7 Å². The summed E-state index contributed by atoms with van der Waals surface area (Å²) in [5, 5.41) is 12.0. The van der Waals surface area contributed by atoms with Crippen LogP contribution in [0, 0.1) is 0 Å². The molecule has 4 aromatic rings. The molecule has 30 heavy (non-hydrogen) atoms. The lowest BCUT2D eigenvalue weighted by atomic mass is 10.0. The molecule has 0 spiro atoms. The molecular formula is C20H16F2N6O2. The monoisotopic (exact) mass is 410 g/mol. The number of aromatic nitrogens is 5. The van der Waals surface area contributed by atoms with Crippen LogP contribution in [0.4, 0.5) is 8.78 Å². The van der Waals surface area contributed by atoms with Crippen molar-refractivity contribution in [1.82, 2.24) is 29.9 Å². The van der Waals surface area contributed by atoms with Gasteiger partial charge in [-0.05, 0) is 34.7 Å². The molecule has 0 bridgehead atoms. The Morgan fingerprint density at radius 2 is 2.00 bits per heavy atom. The Kier molecular flexibility index (Phi) is 4.27. The molecule has 3 aromatic heterocycles. The van der Waals surface area contributed by atoms with Gasteiger partial charge >= 0.3 is 0 Å². The highest BCUT2D eigenvalue weighted by Gasteiger charge is 2.47. The number of hydrogen-bond donors (Lipinski definition) is 0. The Morgan fingerprint density at radius 3 is 2.90 bits per heavy atom. The van der Waals surface area contributed by atoms with Crippen molar-refractivity contribution in [3.05, 3.63) is 60.3 Å². The van der Waals surface area contributed by atoms with E-state index in [4.69, 9.17) is 4.74 Å². The molecular weight excluding hydrogens is 394 g/mol. The first-order chi connectivity index (χ1) is 14.5. The van der Waals surface area contributed by atoms with Crippen LogP contribution in [0.25, 0.3) is 16.6 Å². The first-order valence-electron chi connectivity index (χ1n) is 9.37. The van der Waals surface area contributed by atoms with Gasteiger partial charge in [-0.2, -0.15) is 4.52 Å². The zero-order chi connectivity index (χ0) is 20.7. The van der Waals surface area contributed by atoms with E-state index in [-0.39, 0.29) is 30.2 Å². The summed E-state index contributed by atoms with van der Waals surface area (Å²) < 4.78 is 36.1. The molecule has 0 saturated carbocycles. The average molecular weight is 410 g/mol. The summed E-state index contributed by atoms with van der Waals surface area (Å²) >= 11 is 0. The third kappa shape index (κ3) is 3.19. The maximum atomic E-state index is 14.6. The second kappa shape index (κ2) is 6.97. The van der Waals surface area contributed by atoms with Gasteiger partial charge in [-0.15, -0.1) is 5.10 Å². The Labute approximate surface area is 169 Å². The third-order valence-corrected chi connectivity index (χ3v) is 5.15. The Morgan fingerprint density at radius 1 is 1.13 bits per heavy atom. The summed E-state index contributed by atoms with van der Waals surface area (Å²) in [6.07, 6.45) is -0.418. The van der Waals surface area contributed by atoms with Crippen molar-refractivity contribution in [3.8, 4) is 5.88 Å². The van der Waals surface area contributed by atoms with Crippen molar-refractivity contribution >= 4 is 22.5 Å². The number of amides is 1. The number of benzene rings is 1. The van der Waals surface area contributed by atoms with E-state index in [1.54, 1.807) is 36.5 Å². The maximum Gasteiger partial charge on any atom is 0.287 e. The highest BCUT2D eigenvalue weighted by molar-refractivity contribution is 5.99. The van der Waals surface area contributed by atoms with Gasteiger partial charge < -0.3 is 9.64 Å². The number of ether oxygens (including phenoxy) is 1. The molecule has 0 N–H and O–H groups in total. The number of hydrogen-bond acceptors (Lipinski definition) is 6. The lowest BCUT2D eigenvalue weighted by Gasteiger charge is -2.37. The molecule has 0 radical (unpaired) electrons. The van der Waals surface area contributed by atoms with E-state index in [0.29, 0.717) is 5.52 Å². The highest BCUT2D eigenvalue weighted by atomic mass is 19.3. The number of piperidine rings is 1. The fourth-order valence-electron chi connectivity index (χ4n) is 3.54. The largest absolute Gasteiger partial charge is 0.466 e. The first-order valence-corrected chi connectivity index (χ1v) is 9.37. The van der Waals surface area contributed by atoms with Gasteiger partial charge in [-0.1, -0.05) is 18.2 Å². The fraction of sp³-hybridized carbons (Fsp3) is 0.250. The second-order valence-electron chi connectivity index (χ2n) is 7.08. The lowest BCUT2D eigenvalue weighted by molar-refractivity contribution is -0.131. The number of rotatable bonds is 3. The highest BCUT2D eigenvalue weighted by Crippen LogP contribution is 2.32. The van der Waals surface area contributed by atoms with Crippen molar-refractivity contribution in [2.24, 2.45) is 0 Å². The van der Waals surface area contributed by atoms with E-state index in [9.17, 15) is 13.6 Å². The van der Waals surface area contributed by atoms with E-state index < -0.39 is 24.4 Å². The summed E-state index contributed by atoms with van der Waals surface area (Å²) in [5.74, 6) is -3.42. The molecule has 1 aromatic carbocycles. The normalized spacial score (nSPS) is 18.6. The number of fused-ring (bicyclic) bond motifs is 2. The second-order valence-corrected chi connectivity index (χ2v) is 7.08. The van der Waals surface area contributed by atoms with Crippen LogP contribution >= 0.6 is 0 Å². The van der Waals surface area contributed by atoms with Crippen molar-refractivity contribution in [1.29, 1.82) is 0 Å². The molecule has 1 saturated heterocycles. The number of halogens is 2. The molecule has 8 nitrogen and oxygen atoms in total. The van der Waals surface area contributed by atoms with Crippen LogP contribution in [-0.2, 0) is 0 Å². The van der Waals surface area contributed by atoms with Gasteiger partial charge in [0.05, 0.1) is 17.6 Å². The maximum absolute atomic E-state index is 14.6. The van der Waals surface area contributed by atoms with Crippen LogP contribution in [0.1, 0.15) is 16.8 Å². The van der Waals surface area contributed by atoms with Crippen molar-refractivity contribution in [2.75, 3.05) is 13.1 Å². The van der Waals surface area contributed by atoms with Gasteiger partial charge in [0.25, 0.3) is 11.8 Å². The van der Waals surface area contributed by atoms with Gasteiger partial charge in [-0.3, -0.25) is 4.79 Å². The number of tetrazole rings is 1. The van der Waals surface area contributed by atoms with Crippen molar-refractivity contribution in [3.63, 3.8) is 0 Å². The topological polar surface area (TPSA) is 85.5 Å². The minimum absolute atomic E-state index is 0.0939. The van der Waals surface area contributed by atoms with E-state index in [1.165, 1.54) is 9.42 Å². The van der Waals surface area contributed by atoms with Crippen LogP contribution < -0.4 is 4.74 Å². The summed E-state index contributed by atoms with van der Waals surface area (Å²) in [6.45, 7) is -0.373. The number of likely N-dealkylation sites (tertiary alicyclic amines) is 1. The van der Waals surface area contributed by atoms with E-state index in [0.717, 1.165) is 5.39 Å². The summed E-state index contributed by atoms with van der Waals surface area (Å²) in [7, 11) is 0. The molecule has 1 aliphatic heterocycles. The number of para-hydroxylation sites is 1. The zero-order valence-corrected chi connectivity index (χ0v) is 15.7. The number of pyridine rings is 2. The van der Waals surface area contributed by atoms with E-state index >= 15 is 0 Å². The number of alkyl halides is 2. The third-order valence-electron chi connectivity index (χ3n) is 5.15. The molecule has 1 amide bonds. The van der Waals surface area contributed by atoms with Gasteiger partial charge in [0.2, 0.25) is 5.88 Å². The Balaban J connectivity index is 1.40. The standard InChI is InChI=1S/C20H16F2N6O2/c21-20(22)9-11-27(19(29)14-5-3-10-28-18(14)24-25-26-28)12-16(20)30-17-8-7-13-4-1-2-6-15(13)23-17/h1-8,10,16H,9,11-12H2. The van der Waals surface area contributed by atoms with Gasteiger partial charge in [-0.25, -0.2) is 13.8 Å². The molecule has 1 unspecified atom stereocenters. The molecule has 0 aliphatic carbocycles. The zero-order valence-electron chi connectivity index (χ0n) is 15.7. The minimum Gasteiger partial charge on any atom is -0.466 e. The quantitative estimate of drug-likeness (QED) is 0.516. The predicted octanol–water partition coefficient (Wildman–Crippen LogP) is 2.60. The van der Waals surface area contributed by atoms with Crippen LogP contribution in [0.5, 0.6) is 5.88 Å². The molecule has 1 fully saturated rings. The lowest BCUT2D eigenvalue weighted by Crippen LogP contribution is -2.55. The molecule has 5 rings (SSSR count). The minimum atomic E-state index is -3.09. The van der Waals surface area contributed by atoms with Gasteiger partial charge in [0.1, 0.15) is 0 Å². The molecule has 10 heteroatoms. The van der Waals surface area contributed by atoms with Gasteiger partial charge in [0, 0.05) is 30.6 Å². The smallest absolute Gasteiger partial charge is 0.287 e. The van der Waals surface area contributed by atoms with Gasteiger partial charge in [0.15, 0.2) is 11.8 Å². The average Bonchev–Trinajstić information content (AvgIpc) is 3.23. The fourth-order valence-corrected chi connectivity index (χ4v) is 3.54. The summed E-state index contributed by atoms with van der Waals surface area (Å²) in [6, 6.07) is 13.9. The van der Waals surface area contributed by atoms with Crippen LogP contribution in [0.2, 0.25) is 0 Å². The number of carbonyl (C=O) groups is 1. The molecule has 4 heterocycles. The number of nitrogens with zero attached hydrogens (tertiary/aromatic N) is 6. The van der Waals surface area contributed by atoms with Crippen molar-refractivity contribution in [2.45, 2.75) is 18.4 Å². The molecule has 1 atom stereocenters. The first kappa shape index (κ1) is 18.3. The Bertz CT molecular complexity index is 1240. The van der Waals surface area contributed by atoms with E-state index in [2.05, 4.69) is 20.5 Å². The van der Waals surface area contributed by atoms with Crippen LogP contribution in [-0.4, -0.2) is 60.9 Å². The Hall–Kier alpha value is -3.69. The predicted molar refractivity (Wildman–Crippen MR) is 102 cm³/mol. The van der Waals surface area contributed by atoms with Crippen molar-refractivity contribution < 1.29 is 18.3 Å². The molecule has 1 aliphatic rings. The van der Waals surface area contributed by atoms with Crippen LogP contribution in [0.3, 0.4) is 0 Å². The SMILES string of the molecule is O=C(c1cccn2nnnc12)N1CCC(F)(F)C(Oc2ccc3ccccc3n2)C1. The van der Waals surface area contributed by atoms with E-state index in [1.807, 2.05) is 18.2 Å². The summed E-state index contributed by atoms with van der Waals surface area (Å²) in [5.41, 5.74) is 1.16.